The van der Waals surface area contributed by atoms with Crippen molar-refractivity contribution in [1.29, 1.82) is 0 Å². The number of fused-ring (bicyclic) bond motifs is 1. The van der Waals surface area contributed by atoms with E-state index in [-0.39, 0.29) is 6.10 Å². The Morgan fingerprint density at radius 1 is 1.31 bits per heavy atom. The molecule has 1 N–H and O–H groups in total. The van der Waals surface area contributed by atoms with Crippen molar-refractivity contribution in [3.05, 3.63) is 47.9 Å². The highest BCUT2D eigenvalue weighted by atomic mass is 16.5. The van der Waals surface area contributed by atoms with Crippen LogP contribution >= 0.6 is 0 Å². The molecule has 0 fully saturated rings. The molecule has 2 aromatic rings. The van der Waals surface area contributed by atoms with Crippen molar-refractivity contribution in [2.24, 2.45) is 0 Å². The quantitative estimate of drug-likeness (QED) is 0.793. The molecule has 1 aliphatic heterocycles. The highest BCUT2D eigenvalue weighted by Gasteiger charge is 2.21. The van der Waals surface area contributed by atoms with Crippen LogP contribution in [0.5, 0.6) is 5.75 Å². The molecular weight excluding hydrogens is 202 g/mol. The Morgan fingerprint density at radius 3 is 3.06 bits per heavy atom. The first-order chi connectivity index (χ1) is 7.83. The van der Waals surface area contributed by atoms with E-state index in [0.29, 0.717) is 0 Å². The fourth-order valence-corrected chi connectivity index (χ4v) is 1.91. The number of hydrogen-bond donors (Lipinski definition) is 1. The van der Waals surface area contributed by atoms with Gasteiger partial charge in [-0.1, -0.05) is 6.07 Å². The maximum Gasteiger partial charge on any atom is 0.144 e. The monoisotopic (exact) mass is 215 g/mol. The van der Waals surface area contributed by atoms with Crippen LogP contribution < -0.4 is 10.1 Å². The van der Waals surface area contributed by atoms with E-state index in [9.17, 15) is 0 Å². The van der Waals surface area contributed by atoms with Crippen LogP contribution in [0.1, 0.15) is 17.2 Å². The first-order valence-corrected chi connectivity index (χ1v) is 5.36. The van der Waals surface area contributed by atoms with Gasteiger partial charge in [0.25, 0.3) is 0 Å². The largest absolute Gasteiger partial charge is 0.482 e. The van der Waals surface area contributed by atoms with Gasteiger partial charge in [-0.25, -0.2) is 0 Å². The smallest absolute Gasteiger partial charge is 0.144 e. The molecule has 3 heteroatoms. The van der Waals surface area contributed by atoms with Crippen molar-refractivity contribution in [3.63, 3.8) is 0 Å². The lowest BCUT2D eigenvalue weighted by Gasteiger charge is -2.26. The third kappa shape index (κ3) is 1.54. The van der Waals surface area contributed by atoms with E-state index >= 15 is 0 Å². The maximum absolute atomic E-state index is 5.93. The molecule has 0 bridgehead atoms. The summed E-state index contributed by atoms with van der Waals surface area (Å²) in [5.41, 5.74) is 3.33. The predicted octanol–water partition coefficient (Wildman–Crippen LogP) is 3.13. The zero-order valence-electron chi connectivity index (χ0n) is 9.07. The minimum Gasteiger partial charge on any atom is -0.482 e. The highest BCUT2D eigenvalue weighted by molar-refractivity contribution is 5.59. The summed E-state index contributed by atoms with van der Waals surface area (Å²) in [5, 5.41) is 3.36. The molecule has 0 spiro atoms. The summed E-state index contributed by atoms with van der Waals surface area (Å²) in [6, 6.07) is 8.12. The van der Waals surface area contributed by atoms with Crippen molar-refractivity contribution in [2.45, 2.75) is 13.0 Å². The van der Waals surface area contributed by atoms with E-state index < -0.39 is 0 Å². The first-order valence-electron chi connectivity index (χ1n) is 5.36. The van der Waals surface area contributed by atoms with Crippen molar-refractivity contribution < 1.29 is 9.15 Å². The number of furan rings is 1. The summed E-state index contributed by atoms with van der Waals surface area (Å²) < 4.78 is 11.0. The first kappa shape index (κ1) is 9.33. The molecule has 1 aromatic carbocycles. The number of hydrogen-bond acceptors (Lipinski definition) is 3. The van der Waals surface area contributed by atoms with Gasteiger partial charge < -0.3 is 14.5 Å². The van der Waals surface area contributed by atoms with E-state index in [1.165, 1.54) is 5.56 Å². The molecule has 2 heterocycles. The zero-order chi connectivity index (χ0) is 11.0. The van der Waals surface area contributed by atoms with Crippen molar-refractivity contribution in [3.8, 4) is 5.75 Å². The summed E-state index contributed by atoms with van der Waals surface area (Å²) in [6.07, 6.45) is 3.44. The third-order valence-corrected chi connectivity index (χ3v) is 2.80. The van der Waals surface area contributed by atoms with E-state index in [4.69, 9.17) is 9.15 Å². The number of nitrogens with one attached hydrogen (secondary N) is 1. The van der Waals surface area contributed by atoms with Crippen LogP contribution in [0.3, 0.4) is 0 Å². The van der Waals surface area contributed by atoms with Gasteiger partial charge in [-0.3, -0.25) is 0 Å². The average Bonchev–Trinajstić information content (AvgIpc) is 2.81. The van der Waals surface area contributed by atoms with E-state index in [2.05, 4.69) is 30.4 Å². The standard InChI is InChI=1S/C13H13NO2/c1-9-2-3-11-12(6-9)16-13(7-14-11)10-4-5-15-8-10/h2-6,8,13-14H,7H2,1H3. The van der Waals surface area contributed by atoms with Crippen LogP contribution in [0.2, 0.25) is 0 Å². The van der Waals surface area contributed by atoms with E-state index in [0.717, 1.165) is 23.5 Å². The van der Waals surface area contributed by atoms with Gasteiger partial charge in [0.15, 0.2) is 0 Å². The van der Waals surface area contributed by atoms with Gasteiger partial charge in [0.2, 0.25) is 0 Å². The van der Waals surface area contributed by atoms with Gasteiger partial charge in [0.05, 0.1) is 24.8 Å². The molecule has 0 radical (unpaired) electrons. The third-order valence-electron chi connectivity index (χ3n) is 2.80. The Hall–Kier alpha value is -1.90. The summed E-state index contributed by atoms with van der Waals surface area (Å²) in [7, 11) is 0. The summed E-state index contributed by atoms with van der Waals surface area (Å²) in [5.74, 6) is 0.914. The molecule has 1 aromatic heterocycles. The Morgan fingerprint density at radius 2 is 2.25 bits per heavy atom. The van der Waals surface area contributed by atoms with Crippen molar-refractivity contribution >= 4 is 5.69 Å². The fourth-order valence-electron chi connectivity index (χ4n) is 1.91. The average molecular weight is 215 g/mol. The summed E-state index contributed by atoms with van der Waals surface area (Å²) in [4.78, 5) is 0. The SMILES string of the molecule is Cc1ccc2c(c1)OC(c1ccoc1)CN2. The Labute approximate surface area is 94.0 Å². The topological polar surface area (TPSA) is 34.4 Å². The number of ether oxygens (including phenoxy) is 1. The van der Waals surface area contributed by atoms with Crippen molar-refractivity contribution in [2.75, 3.05) is 11.9 Å². The highest BCUT2D eigenvalue weighted by Crippen LogP contribution is 2.34. The molecule has 1 atom stereocenters. The van der Waals surface area contributed by atoms with Gasteiger partial charge >= 0.3 is 0 Å². The summed E-state index contributed by atoms with van der Waals surface area (Å²) >= 11 is 0. The Kier molecular flexibility index (Phi) is 2.10. The van der Waals surface area contributed by atoms with Gasteiger partial charge in [0, 0.05) is 5.56 Å². The lowest BCUT2D eigenvalue weighted by molar-refractivity contribution is 0.209. The minimum atomic E-state index is 0.0352. The van der Waals surface area contributed by atoms with Crippen LogP contribution in [0.25, 0.3) is 0 Å². The molecule has 3 nitrogen and oxygen atoms in total. The molecule has 0 saturated carbocycles. The minimum absolute atomic E-state index is 0.0352. The lowest BCUT2D eigenvalue weighted by Crippen LogP contribution is -2.23. The van der Waals surface area contributed by atoms with Crippen LogP contribution in [0.4, 0.5) is 5.69 Å². The second-order valence-corrected chi connectivity index (χ2v) is 4.04. The fraction of sp³-hybridized carbons (Fsp3) is 0.231. The number of anilines is 1. The predicted molar refractivity (Wildman–Crippen MR) is 61.7 cm³/mol. The van der Waals surface area contributed by atoms with Crippen LogP contribution in [-0.2, 0) is 0 Å². The van der Waals surface area contributed by atoms with Gasteiger partial charge in [0.1, 0.15) is 11.9 Å². The number of aryl methyl sites for hydroxylation is 1. The molecular formula is C13H13NO2. The Bertz CT molecular complexity index is 491. The number of rotatable bonds is 1. The Balaban J connectivity index is 1.91. The molecule has 0 saturated heterocycles. The number of benzene rings is 1. The van der Waals surface area contributed by atoms with E-state index in [1.807, 2.05) is 6.07 Å². The zero-order valence-corrected chi connectivity index (χ0v) is 9.07. The normalized spacial score (nSPS) is 18.4. The summed E-state index contributed by atoms with van der Waals surface area (Å²) in [6.45, 7) is 2.83. The van der Waals surface area contributed by atoms with E-state index in [1.54, 1.807) is 12.5 Å². The molecule has 16 heavy (non-hydrogen) atoms. The molecule has 82 valence electrons. The molecule has 3 rings (SSSR count). The van der Waals surface area contributed by atoms with Crippen LogP contribution in [0, 0.1) is 6.92 Å². The van der Waals surface area contributed by atoms with Crippen molar-refractivity contribution in [1.82, 2.24) is 0 Å². The second kappa shape index (κ2) is 3.59. The second-order valence-electron chi connectivity index (χ2n) is 4.04. The molecule has 1 aliphatic rings. The van der Waals surface area contributed by atoms with Crippen LogP contribution in [-0.4, -0.2) is 6.54 Å². The molecule has 0 aliphatic carbocycles. The van der Waals surface area contributed by atoms with Gasteiger partial charge in [-0.15, -0.1) is 0 Å². The van der Waals surface area contributed by atoms with Crippen LogP contribution in [0.15, 0.2) is 41.2 Å². The van der Waals surface area contributed by atoms with Gasteiger partial charge in [-0.05, 0) is 30.7 Å². The maximum atomic E-state index is 5.93. The molecule has 0 amide bonds. The molecule has 1 unspecified atom stereocenters. The lowest BCUT2D eigenvalue weighted by atomic mass is 10.1. The van der Waals surface area contributed by atoms with Gasteiger partial charge in [-0.2, -0.15) is 0 Å².